The van der Waals surface area contributed by atoms with E-state index in [9.17, 15) is 5.11 Å². The summed E-state index contributed by atoms with van der Waals surface area (Å²) < 4.78 is 5.32. The van der Waals surface area contributed by atoms with Crippen molar-refractivity contribution >= 4 is 5.82 Å². The molecule has 1 saturated heterocycles. The second-order valence-electron chi connectivity index (χ2n) is 4.42. The number of nitrogens with zero attached hydrogens (tertiary/aromatic N) is 2. The van der Waals surface area contributed by atoms with E-state index in [0.717, 1.165) is 49.7 Å². The summed E-state index contributed by atoms with van der Waals surface area (Å²) in [6.07, 6.45) is 2.12. The summed E-state index contributed by atoms with van der Waals surface area (Å²) in [7, 11) is 0. The molecule has 1 aromatic heterocycles. The predicted octanol–water partition coefficient (Wildman–Crippen LogP) is 1.67. The van der Waals surface area contributed by atoms with Crippen molar-refractivity contribution in [2.75, 3.05) is 31.2 Å². The lowest BCUT2D eigenvalue weighted by Crippen LogP contribution is -2.36. The van der Waals surface area contributed by atoms with Crippen molar-refractivity contribution in [3.05, 3.63) is 23.4 Å². The van der Waals surface area contributed by atoms with Gasteiger partial charge in [0.1, 0.15) is 5.82 Å². The summed E-state index contributed by atoms with van der Waals surface area (Å²) in [5.41, 5.74) is 2.04. The Kier molecular flexibility index (Phi) is 3.97. The van der Waals surface area contributed by atoms with Crippen LogP contribution in [0.25, 0.3) is 0 Å². The Bertz CT molecular complexity index is 376. The molecule has 17 heavy (non-hydrogen) atoms. The van der Waals surface area contributed by atoms with Crippen molar-refractivity contribution < 1.29 is 9.84 Å². The maximum Gasteiger partial charge on any atom is 0.128 e. The highest BCUT2D eigenvalue weighted by atomic mass is 16.5. The monoisotopic (exact) mass is 236 g/mol. The average molecular weight is 236 g/mol. The minimum atomic E-state index is -0.402. The van der Waals surface area contributed by atoms with E-state index in [1.807, 2.05) is 13.8 Å². The molecule has 0 saturated carbocycles. The second-order valence-corrected chi connectivity index (χ2v) is 4.42. The van der Waals surface area contributed by atoms with Crippen LogP contribution >= 0.6 is 0 Å². The Morgan fingerprint density at radius 3 is 2.76 bits per heavy atom. The molecule has 1 fully saturated rings. The largest absolute Gasteiger partial charge is 0.388 e. The van der Waals surface area contributed by atoms with Gasteiger partial charge in [0.2, 0.25) is 0 Å². The fourth-order valence-corrected chi connectivity index (χ4v) is 2.09. The Morgan fingerprint density at radius 1 is 1.47 bits per heavy atom. The zero-order valence-corrected chi connectivity index (χ0v) is 10.5. The summed E-state index contributed by atoms with van der Waals surface area (Å²) in [6, 6.07) is 2.06. The highest BCUT2D eigenvalue weighted by Gasteiger charge is 2.15. The number of ether oxygens (including phenoxy) is 1. The maximum atomic E-state index is 9.84. The van der Waals surface area contributed by atoms with Crippen LogP contribution in [0.4, 0.5) is 5.82 Å². The first kappa shape index (κ1) is 12.3. The highest BCUT2D eigenvalue weighted by molar-refractivity contribution is 5.44. The molecule has 4 heteroatoms. The molecular formula is C13H20N2O2. The van der Waals surface area contributed by atoms with Crippen LogP contribution in [0.15, 0.2) is 12.3 Å². The van der Waals surface area contributed by atoms with E-state index in [1.54, 1.807) is 6.20 Å². The van der Waals surface area contributed by atoms with Crippen molar-refractivity contribution in [3.8, 4) is 0 Å². The van der Waals surface area contributed by atoms with Gasteiger partial charge in [0.15, 0.2) is 0 Å². The first-order chi connectivity index (χ1) is 8.22. The summed E-state index contributed by atoms with van der Waals surface area (Å²) in [4.78, 5) is 6.66. The molecule has 4 nitrogen and oxygen atoms in total. The number of hydrogen-bond acceptors (Lipinski definition) is 4. The smallest absolute Gasteiger partial charge is 0.128 e. The maximum absolute atomic E-state index is 9.84. The van der Waals surface area contributed by atoms with E-state index < -0.39 is 6.10 Å². The Labute approximate surface area is 102 Å². The van der Waals surface area contributed by atoms with Gasteiger partial charge >= 0.3 is 0 Å². The molecule has 94 valence electrons. The van der Waals surface area contributed by atoms with E-state index in [1.165, 1.54) is 0 Å². The van der Waals surface area contributed by atoms with Crippen molar-refractivity contribution in [1.29, 1.82) is 0 Å². The third kappa shape index (κ3) is 2.76. The van der Waals surface area contributed by atoms with Crippen LogP contribution in [0.2, 0.25) is 0 Å². The predicted molar refractivity (Wildman–Crippen MR) is 67.3 cm³/mol. The minimum Gasteiger partial charge on any atom is -0.388 e. The number of aromatic nitrogens is 1. The zero-order valence-electron chi connectivity index (χ0n) is 10.5. The minimum absolute atomic E-state index is 0.402. The number of hydrogen-bond donors (Lipinski definition) is 1. The Balaban J connectivity index is 2.17. The van der Waals surface area contributed by atoms with Gasteiger partial charge in [-0.3, -0.25) is 0 Å². The van der Waals surface area contributed by atoms with Crippen LogP contribution in [0, 0.1) is 6.92 Å². The van der Waals surface area contributed by atoms with E-state index >= 15 is 0 Å². The summed E-state index contributed by atoms with van der Waals surface area (Å²) in [5.74, 6) is 0.984. The lowest BCUT2D eigenvalue weighted by molar-refractivity contribution is 0.122. The van der Waals surface area contributed by atoms with Crippen molar-refractivity contribution in [1.82, 2.24) is 4.98 Å². The van der Waals surface area contributed by atoms with Crippen molar-refractivity contribution in [2.45, 2.75) is 26.4 Å². The first-order valence-electron chi connectivity index (χ1n) is 6.19. The highest BCUT2D eigenvalue weighted by Crippen LogP contribution is 2.23. The SMILES string of the molecule is CC[C@H](O)c1cnc(N2CCOCC2)cc1C. The van der Waals surface area contributed by atoms with Crippen LogP contribution in [0.3, 0.4) is 0 Å². The lowest BCUT2D eigenvalue weighted by Gasteiger charge is -2.28. The molecule has 0 spiro atoms. The van der Waals surface area contributed by atoms with Gasteiger partial charge in [-0.2, -0.15) is 0 Å². The number of anilines is 1. The van der Waals surface area contributed by atoms with Crippen molar-refractivity contribution in [2.24, 2.45) is 0 Å². The van der Waals surface area contributed by atoms with E-state index in [4.69, 9.17) is 4.74 Å². The van der Waals surface area contributed by atoms with Gasteiger partial charge in [0.25, 0.3) is 0 Å². The molecule has 0 aliphatic carbocycles. The average Bonchev–Trinajstić information content (AvgIpc) is 2.39. The zero-order chi connectivity index (χ0) is 12.3. The van der Waals surface area contributed by atoms with Gasteiger partial charge in [0, 0.05) is 24.8 Å². The van der Waals surface area contributed by atoms with Gasteiger partial charge in [-0.1, -0.05) is 6.92 Å². The molecule has 1 N–H and O–H groups in total. The van der Waals surface area contributed by atoms with Crippen LogP contribution in [0.1, 0.15) is 30.6 Å². The van der Waals surface area contributed by atoms with Gasteiger partial charge in [0.05, 0.1) is 19.3 Å². The van der Waals surface area contributed by atoms with Crippen LogP contribution in [-0.2, 0) is 4.74 Å². The molecule has 1 aromatic rings. The molecule has 0 radical (unpaired) electrons. The Morgan fingerprint density at radius 2 is 2.18 bits per heavy atom. The van der Waals surface area contributed by atoms with Crippen LogP contribution < -0.4 is 4.90 Å². The number of aliphatic hydroxyl groups is 1. The number of pyridine rings is 1. The number of morpholine rings is 1. The molecule has 0 aromatic carbocycles. The van der Waals surface area contributed by atoms with E-state index in [2.05, 4.69) is 16.0 Å². The standard InChI is InChI=1S/C13H20N2O2/c1-3-12(16)11-9-14-13(8-10(11)2)15-4-6-17-7-5-15/h8-9,12,16H,3-7H2,1-2H3/t12-/m0/s1. The van der Waals surface area contributed by atoms with Crippen LogP contribution in [-0.4, -0.2) is 36.4 Å². The fourth-order valence-electron chi connectivity index (χ4n) is 2.09. The quantitative estimate of drug-likeness (QED) is 0.867. The fraction of sp³-hybridized carbons (Fsp3) is 0.615. The molecule has 2 rings (SSSR count). The first-order valence-corrected chi connectivity index (χ1v) is 6.19. The lowest BCUT2D eigenvalue weighted by atomic mass is 10.0. The molecule has 0 amide bonds. The molecule has 2 heterocycles. The summed E-state index contributed by atoms with van der Waals surface area (Å²) in [5, 5.41) is 9.84. The number of rotatable bonds is 3. The molecule has 1 atom stereocenters. The third-order valence-corrected chi connectivity index (χ3v) is 3.22. The molecule has 0 bridgehead atoms. The van der Waals surface area contributed by atoms with Crippen LogP contribution in [0.5, 0.6) is 0 Å². The van der Waals surface area contributed by atoms with Crippen molar-refractivity contribution in [3.63, 3.8) is 0 Å². The van der Waals surface area contributed by atoms with E-state index in [0.29, 0.717) is 0 Å². The van der Waals surface area contributed by atoms with Gasteiger partial charge in [-0.05, 0) is 25.0 Å². The number of aryl methyl sites for hydroxylation is 1. The topological polar surface area (TPSA) is 45.6 Å². The second kappa shape index (κ2) is 5.47. The summed E-state index contributed by atoms with van der Waals surface area (Å²) >= 11 is 0. The molecular weight excluding hydrogens is 216 g/mol. The van der Waals surface area contributed by atoms with E-state index in [-0.39, 0.29) is 0 Å². The molecule has 0 unspecified atom stereocenters. The number of aliphatic hydroxyl groups excluding tert-OH is 1. The molecule has 1 aliphatic heterocycles. The summed E-state index contributed by atoms with van der Waals surface area (Å²) in [6.45, 7) is 7.31. The normalized spacial score (nSPS) is 18.2. The molecule has 1 aliphatic rings. The van der Waals surface area contributed by atoms with Gasteiger partial charge in [-0.15, -0.1) is 0 Å². The third-order valence-electron chi connectivity index (χ3n) is 3.22. The Hall–Kier alpha value is -1.13. The van der Waals surface area contributed by atoms with Gasteiger partial charge in [-0.25, -0.2) is 4.98 Å². The van der Waals surface area contributed by atoms with Gasteiger partial charge < -0.3 is 14.7 Å².